The van der Waals surface area contributed by atoms with Gasteiger partial charge in [-0.3, -0.25) is 92.3 Å². The number of amides is 16. The molecular formula is C88H148N26O24S2. The van der Waals surface area contributed by atoms with Crippen LogP contribution in [0.1, 0.15) is 174 Å². The Hall–Kier alpha value is -12.5. The van der Waals surface area contributed by atoms with Gasteiger partial charge in [0.15, 0.2) is 11.9 Å². The maximum absolute atomic E-state index is 14.8. The van der Waals surface area contributed by atoms with Crippen molar-refractivity contribution in [3.8, 4) is 11.5 Å². The zero-order chi connectivity index (χ0) is 105. The number of phenols is 2. The SMILES string of the molecule is CSCC[C@H](NC(=O)[C@H](CO)NC(=O)[C@H](CCCNC(=N)N)NC(=O)[C@H](CC(C)C)NC(=O)[C@H](CCCCN)NC(=O)[C@H](CCCCN)NC(=O)[C@H](CCC(N)=O)NC(=O)[C@@H](Cc1ccc(O)cc1)NC(=O)CNC(=O)[C@@H](N)CCSC)C(=O)N[C@H](C(=O)N[C@@H](CC(=O)O)C(=O)N[C@@H](CCCCN)C(=O)N[C@@H](Cc1ccc(O)cc1)C(=O)N[C@@H](CCCNC(=N)N)C(=O)N[C@@H](CC(C)C)C(=O)O)[C@@H](C)O. The van der Waals surface area contributed by atoms with E-state index < -0.39 is 253 Å². The van der Waals surface area contributed by atoms with Crippen LogP contribution in [0, 0.1) is 22.7 Å². The van der Waals surface area contributed by atoms with E-state index in [2.05, 4.69) is 90.4 Å². The molecule has 140 heavy (non-hydrogen) atoms. The molecule has 0 radical (unpaired) electrons. The van der Waals surface area contributed by atoms with E-state index in [-0.39, 0.29) is 159 Å². The second kappa shape index (κ2) is 67.7. The van der Waals surface area contributed by atoms with Crippen molar-refractivity contribution >= 4 is 142 Å². The summed E-state index contributed by atoms with van der Waals surface area (Å²) in [5, 5.41) is 120. The quantitative estimate of drug-likeness (QED) is 0.0166. The number of carbonyl (C=O) groups excluding carboxylic acids is 16. The topological polar surface area (TPSA) is 863 Å². The van der Waals surface area contributed by atoms with Gasteiger partial charge >= 0.3 is 11.9 Å². The van der Waals surface area contributed by atoms with Gasteiger partial charge in [0.05, 0.1) is 31.7 Å². The van der Waals surface area contributed by atoms with Crippen LogP contribution in [-0.4, -0.2) is 316 Å². The van der Waals surface area contributed by atoms with Crippen molar-refractivity contribution in [2.75, 3.05) is 69.9 Å². The van der Waals surface area contributed by atoms with Gasteiger partial charge in [-0.05, 0) is 213 Å². The highest BCUT2D eigenvalue weighted by molar-refractivity contribution is 7.98. The molecule has 0 aliphatic rings. The van der Waals surface area contributed by atoms with Crippen LogP contribution in [-0.2, 0) is 99.1 Å². The maximum Gasteiger partial charge on any atom is 0.326 e. The maximum atomic E-state index is 14.8. The van der Waals surface area contributed by atoms with E-state index in [1.54, 1.807) is 34.0 Å². The molecule has 0 saturated heterocycles. The number of aromatic hydroxyl groups is 2. The zero-order valence-electron chi connectivity index (χ0n) is 80.3. The molecule has 16 atom stereocenters. The van der Waals surface area contributed by atoms with Crippen LogP contribution < -0.4 is 131 Å². The first-order valence-corrected chi connectivity index (χ1v) is 49.1. The number of nitrogens with two attached hydrogens (primary N) is 7. The van der Waals surface area contributed by atoms with Crippen LogP contribution in [0.15, 0.2) is 48.5 Å². The van der Waals surface area contributed by atoms with Gasteiger partial charge in [-0.15, -0.1) is 0 Å². The molecule has 0 spiro atoms. The first kappa shape index (κ1) is 124. The highest BCUT2D eigenvalue weighted by Crippen LogP contribution is 2.19. The van der Waals surface area contributed by atoms with Gasteiger partial charge in [0.25, 0.3) is 0 Å². The second-order valence-corrected chi connectivity index (χ2v) is 36.4. The summed E-state index contributed by atoms with van der Waals surface area (Å²) in [5.74, 6) is -20.8. The Bertz CT molecular complexity index is 4360. The number of primary amides is 1. The molecule has 0 bridgehead atoms. The molecule has 2 rings (SSSR count). The van der Waals surface area contributed by atoms with Crippen molar-refractivity contribution in [1.82, 2.24) is 90.4 Å². The summed E-state index contributed by atoms with van der Waals surface area (Å²) in [5.41, 5.74) is 40.8. The highest BCUT2D eigenvalue weighted by atomic mass is 32.2. The van der Waals surface area contributed by atoms with Gasteiger partial charge in [0.1, 0.15) is 96.1 Å². The van der Waals surface area contributed by atoms with Gasteiger partial charge in [-0.2, -0.15) is 23.5 Å². The molecular weight excluding hydrogens is 1870 g/mol. The predicted molar refractivity (Wildman–Crippen MR) is 521 cm³/mol. The number of hydrogen-bond acceptors (Lipinski definition) is 30. The number of hydrogen-bond donors (Lipinski definition) is 32. The molecule has 0 aliphatic carbocycles. The van der Waals surface area contributed by atoms with Crippen molar-refractivity contribution in [3.05, 3.63) is 59.7 Å². The lowest BCUT2D eigenvalue weighted by Crippen LogP contribution is -2.62. The van der Waals surface area contributed by atoms with Crippen molar-refractivity contribution in [2.45, 2.75) is 273 Å². The summed E-state index contributed by atoms with van der Waals surface area (Å²) >= 11 is 2.62. The molecule has 2 aromatic rings. The molecule has 0 aliphatic heterocycles. The smallest absolute Gasteiger partial charge is 0.326 e. The standard InChI is InChI=1S/C88H148N26O24S2/c1-47(2)40-62(109-74(125)56(17-9-12-34-90)102-73(124)55(16-8-11-33-89)103-78(129)60(29-30-68(93)119)107-81(132)63(42-50-21-25-52(117)26-22-50)101-69(120)45-100-72(123)54(92)31-38-139-6)80(131)105-59(20-15-37-99-88(96)97)77(128)113-67(46-115)84(135)108-61(32-39-140-7)79(130)114-71(49(5)116)85(136)111-65(44-70(121)122)83(134)104-57(18-10-13-35-91)75(126)110-64(43-51-23-27-53(118)28-24-51)82(133)106-58(19-14-36-98-87(94)95)76(127)112-66(86(137)138)41-48(3)4/h21-28,47-49,54-67,71,115-118H,8-20,29-46,89-92H2,1-7H3,(H2,93,119)(H,100,123)(H,101,120)(H,102,124)(H,103,129)(H,104,134)(H,105,131)(H,106,133)(H,107,132)(H,108,135)(H,109,125)(H,110,126)(H,111,136)(H,112,127)(H,113,128)(H,114,130)(H,121,122)(H,137,138)(H4,94,95,98)(H4,96,97,99)/t49-,54+,55+,56+,57+,58+,59+,60+,61+,62+,63-,64+,65+,66+,67+,71+/m1/s1. The van der Waals surface area contributed by atoms with Crippen LogP contribution in [0.25, 0.3) is 0 Å². The van der Waals surface area contributed by atoms with E-state index in [1.807, 2.05) is 6.26 Å². The molecule has 52 heteroatoms. The number of carboxylic acids is 2. The number of rotatable bonds is 72. The fourth-order valence-corrected chi connectivity index (χ4v) is 14.9. The fraction of sp³-hybridized carbons (Fsp3) is 0.636. The number of thioether (sulfide) groups is 2. The lowest BCUT2D eigenvalue weighted by atomic mass is 10.0. The third-order valence-electron chi connectivity index (χ3n) is 21.5. The number of aliphatic hydroxyl groups is 2. The second-order valence-electron chi connectivity index (χ2n) is 34.4. The molecule has 786 valence electrons. The molecule has 0 fully saturated rings. The number of carbonyl (C=O) groups is 18. The van der Waals surface area contributed by atoms with Gasteiger partial charge in [0, 0.05) is 32.4 Å². The summed E-state index contributed by atoms with van der Waals surface area (Å²) < 4.78 is 0. The number of aliphatic carboxylic acids is 2. The number of guanidine groups is 2. The minimum Gasteiger partial charge on any atom is -0.508 e. The fourth-order valence-electron chi connectivity index (χ4n) is 13.9. The van der Waals surface area contributed by atoms with E-state index in [0.717, 1.165) is 6.92 Å². The molecule has 0 unspecified atom stereocenters. The average molecular weight is 2020 g/mol. The molecule has 0 aromatic heterocycles. The Morgan fingerprint density at radius 3 is 1.04 bits per heavy atom. The number of aliphatic hydroxyl groups excluding tert-OH is 2. The Morgan fingerprint density at radius 1 is 0.364 bits per heavy atom. The van der Waals surface area contributed by atoms with Gasteiger partial charge in [-0.1, -0.05) is 52.0 Å². The molecule has 50 nitrogen and oxygen atoms in total. The summed E-state index contributed by atoms with van der Waals surface area (Å²) in [4.78, 5) is 252. The summed E-state index contributed by atoms with van der Waals surface area (Å²) in [6.07, 6.45) is -0.772. The van der Waals surface area contributed by atoms with E-state index in [4.69, 9.17) is 51.0 Å². The van der Waals surface area contributed by atoms with E-state index in [0.29, 0.717) is 36.1 Å². The van der Waals surface area contributed by atoms with Crippen molar-refractivity contribution < 1.29 is 117 Å². The highest BCUT2D eigenvalue weighted by Gasteiger charge is 2.40. The van der Waals surface area contributed by atoms with Crippen molar-refractivity contribution in [2.24, 2.45) is 52.0 Å². The molecule has 39 N–H and O–H groups in total. The molecule has 2 aromatic carbocycles. The third kappa shape index (κ3) is 50.4. The minimum absolute atomic E-state index is 0.00383. The monoisotopic (exact) mass is 2020 g/mol. The minimum atomic E-state index is -2.12. The Kier molecular flexibility index (Phi) is 59.8. The van der Waals surface area contributed by atoms with Crippen molar-refractivity contribution in [1.29, 1.82) is 10.8 Å². The number of benzene rings is 2. The van der Waals surface area contributed by atoms with Gasteiger partial charge < -0.3 is 161 Å². The summed E-state index contributed by atoms with van der Waals surface area (Å²) in [6.45, 7) is 6.36. The summed E-state index contributed by atoms with van der Waals surface area (Å²) in [6, 6.07) is -13.3. The Morgan fingerprint density at radius 2 is 0.679 bits per heavy atom. The first-order chi connectivity index (χ1) is 66.2. The average Bonchev–Trinajstić information content (AvgIpc) is 0.845. The number of unbranched alkanes of at least 4 members (excludes halogenated alkanes) is 3. The van der Waals surface area contributed by atoms with Crippen LogP contribution in [0.4, 0.5) is 0 Å². The van der Waals surface area contributed by atoms with Crippen LogP contribution in [0.3, 0.4) is 0 Å². The lowest BCUT2D eigenvalue weighted by Gasteiger charge is -2.29. The Labute approximate surface area is 821 Å². The molecule has 0 heterocycles. The molecule has 0 saturated carbocycles. The first-order valence-electron chi connectivity index (χ1n) is 46.3. The Balaban J connectivity index is 2.60. The summed E-state index contributed by atoms with van der Waals surface area (Å²) in [7, 11) is 0. The lowest BCUT2D eigenvalue weighted by molar-refractivity contribution is -0.143. The van der Waals surface area contributed by atoms with Crippen molar-refractivity contribution in [3.63, 3.8) is 0 Å². The largest absolute Gasteiger partial charge is 0.508 e. The van der Waals surface area contributed by atoms with Crippen LogP contribution >= 0.6 is 23.5 Å². The van der Waals surface area contributed by atoms with Crippen LogP contribution in [0.2, 0.25) is 0 Å². The van der Waals surface area contributed by atoms with E-state index in [1.165, 1.54) is 72.1 Å². The predicted octanol–water partition coefficient (Wildman–Crippen LogP) is -7.18. The third-order valence-corrected chi connectivity index (χ3v) is 22.8. The van der Waals surface area contributed by atoms with E-state index >= 15 is 0 Å². The van der Waals surface area contributed by atoms with Gasteiger partial charge in [0.2, 0.25) is 94.5 Å². The molecule has 16 amide bonds. The van der Waals surface area contributed by atoms with Gasteiger partial charge in [-0.25, -0.2) is 4.79 Å². The number of nitrogens with one attached hydrogen (secondary N) is 19. The number of phenolic OH excluding ortho intramolecular Hbond substituents is 2. The van der Waals surface area contributed by atoms with E-state index in [9.17, 15) is 117 Å². The van der Waals surface area contributed by atoms with Crippen LogP contribution in [0.5, 0.6) is 11.5 Å². The zero-order valence-corrected chi connectivity index (χ0v) is 82.0. The number of carboxylic acid groups (broad SMARTS) is 2. The normalized spacial score (nSPS) is 14.6.